The number of hydrogen-bond acceptors (Lipinski definition) is 3. The maximum absolute atomic E-state index is 12.8. The van der Waals surface area contributed by atoms with Crippen LogP contribution in [0.2, 0.25) is 0 Å². The average molecular weight is 264 g/mol. The lowest BCUT2D eigenvalue weighted by Gasteiger charge is -2.29. The van der Waals surface area contributed by atoms with E-state index in [2.05, 4.69) is 0 Å². The molecule has 2 N–H and O–H groups in total. The first-order chi connectivity index (χ1) is 8.20. The van der Waals surface area contributed by atoms with Gasteiger partial charge in [0.2, 0.25) is 0 Å². The van der Waals surface area contributed by atoms with Gasteiger partial charge >= 0.3 is 12.1 Å². The van der Waals surface area contributed by atoms with Gasteiger partial charge in [-0.25, -0.2) is 0 Å². The Morgan fingerprint density at radius 3 is 2.11 bits per heavy atom. The number of halogens is 3. The fourth-order valence-electron chi connectivity index (χ4n) is 1.45. The quantitative estimate of drug-likeness (QED) is 0.871. The molecule has 1 aromatic carbocycles. The minimum absolute atomic E-state index is 0.304. The lowest BCUT2D eigenvalue weighted by Crippen LogP contribution is -2.44. The average Bonchev–Trinajstić information content (AvgIpc) is 2.26. The molecule has 0 aromatic heterocycles. The number of hydrogen-bond donors (Lipinski definition) is 2. The molecule has 1 unspecified atom stereocenters. The van der Waals surface area contributed by atoms with E-state index in [1.807, 2.05) is 0 Å². The van der Waals surface area contributed by atoms with Crippen LogP contribution in [0.5, 0.6) is 5.75 Å². The molecule has 0 aliphatic rings. The van der Waals surface area contributed by atoms with E-state index in [1.54, 1.807) is 0 Å². The summed E-state index contributed by atoms with van der Waals surface area (Å²) < 4.78 is 43.1. The highest BCUT2D eigenvalue weighted by Gasteiger charge is 2.56. The Kier molecular flexibility index (Phi) is 3.85. The number of rotatable bonds is 4. The van der Waals surface area contributed by atoms with E-state index in [-0.39, 0.29) is 0 Å². The third kappa shape index (κ3) is 2.73. The van der Waals surface area contributed by atoms with E-state index < -0.39 is 29.7 Å². The molecule has 100 valence electrons. The van der Waals surface area contributed by atoms with Crippen molar-refractivity contribution >= 4 is 5.97 Å². The molecule has 0 bridgehead atoms. The van der Waals surface area contributed by atoms with Crippen LogP contribution in [0.15, 0.2) is 24.3 Å². The lowest BCUT2D eigenvalue weighted by molar-refractivity contribution is -0.269. The Morgan fingerprint density at radius 1 is 1.28 bits per heavy atom. The van der Waals surface area contributed by atoms with Gasteiger partial charge in [-0.05, 0) is 17.7 Å². The van der Waals surface area contributed by atoms with Crippen LogP contribution in [0, 0.1) is 0 Å². The summed E-state index contributed by atoms with van der Waals surface area (Å²) in [4.78, 5) is 10.5. The normalized spacial score (nSPS) is 14.9. The van der Waals surface area contributed by atoms with E-state index in [1.165, 1.54) is 19.2 Å². The molecule has 0 amide bonds. The number of ether oxygens (including phenoxy) is 1. The number of methoxy groups -OCH3 is 1. The van der Waals surface area contributed by atoms with Crippen molar-refractivity contribution < 1.29 is 32.9 Å². The van der Waals surface area contributed by atoms with Crippen molar-refractivity contribution in [2.45, 2.75) is 18.2 Å². The fraction of sp³-hybridized carbons (Fsp3) is 0.364. The van der Waals surface area contributed by atoms with Gasteiger partial charge in [0.1, 0.15) is 5.75 Å². The van der Waals surface area contributed by atoms with Crippen LogP contribution in [-0.2, 0) is 10.4 Å². The van der Waals surface area contributed by atoms with Crippen LogP contribution in [0.1, 0.15) is 12.0 Å². The predicted molar refractivity (Wildman–Crippen MR) is 55.2 cm³/mol. The number of benzene rings is 1. The molecule has 0 fully saturated rings. The van der Waals surface area contributed by atoms with Gasteiger partial charge in [-0.3, -0.25) is 4.79 Å². The Hall–Kier alpha value is -1.76. The van der Waals surface area contributed by atoms with Crippen molar-refractivity contribution in [3.63, 3.8) is 0 Å². The maximum atomic E-state index is 12.8. The van der Waals surface area contributed by atoms with Crippen LogP contribution >= 0.6 is 0 Å². The van der Waals surface area contributed by atoms with Crippen LogP contribution in [0.25, 0.3) is 0 Å². The van der Waals surface area contributed by atoms with Gasteiger partial charge in [0.25, 0.3) is 0 Å². The van der Waals surface area contributed by atoms with Gasteiger partial charge in [-0.1, -0.05) is 12.1 Å². The molecular formula is C11H11F3O4. The van der Waals surface area contributed by atoms with Gasteiger partial charge in [-0.15, -0.1) is 0 Å². The van der Waals surface area contributed by atoms with Gasteiger partial charge in [0, 0.05) is 0 Å². The first-order valence-electron chi connectivity index (χ1n) is 4.86. The summed E-state index contributed by atoms with van der Waals surface area (Å²) in [6, 6.07) is 4.40. The number of carbonyl (C=O) groups is 1. The van der Waals surface area contributed by atoms with E-state index >= 15 is 0 Å². The van der Waals surface area contributed by atoms with Crippen LogP contribution in [0.3, 0.4) is 0 Å². The molecule has 1 aromatic rings. The number of aliphatic hydroxyl groups is 1. The Bertz CT molecular complexity index is 427. The van der Waals surface area contributed by atoms with Gasteiger partial charge in [-0.2, -0.15) is 13.2 Å². The van der Waals surface area contributed by atoms with Crippen LogP contribution in [0.4, 0.5) is 13.2 Å². The first-order valence-corrected chi connectivity index (χ1v) is 4.86. The summed E-state index contributed by atoms with van der Waals surface area (Å²) in [5.41, 5.74) is -3.95. The largest absolute Gasteiger partial charge is 0.497 e. The molecule has 1 atom stereocenters. The smallest absolute Gasteiger partial charge is 0.422 e. The van der Waals surface area contributed by atoms with Gasteiger partial charge in [0.15, 0.2) is 5.60 Å². The van der Waals surface area contributed by atoms with E-state index in [4.69, 9.17) is 9.84 Å². The zero-order chi connectivity index (χ0) is 14.0. The Balaban J connectivity index is 3.21. The summed E-state index contributed by atoms with van der Waals surface area (Å²) in [6.45, 7) is 0. The molecule has 0 aliphatic heterocycles. The van der Waals surface area contributed by atoms with E-state index in [0.29, 0.717) is 5.75 Å². The van der Waals surface area contributed by atoms with Crippen molar-refractivity contribution in [1.82, 2.24) is 0 Å². The zero-order valence-corrected chi connectivity index (χ0v) is 9.36. The predicted octanol–water partition coefficient (Wildman–Crippen LogP) is 1.92. The van der Waals surface area contributed by atoms with Crippen molar-refractivity contribution in [2.24, 2.45) is 0 Å². The standard InChI is InChI=1S/C11H11F3O4/c1-18-8-4-2-7(3-5-8)10(17,6-9(15)16)11(12,13)14/h2-5,17H,6H2,1H3,(H,15,16). The molecule has 0 saturated carbocycles. The zero-order valence-electron chi connectivity index (χ0n) is 9.36. The first kappa shape index (κ1) is 14.3. The van der Waals surface area contributed by atoms with Crippen LogP contribution in [-0.4, -0.2) is 29.5 Å². The third-order valence-electron chi connectivity index (χ3n) is 2.44. The molecule has 7 heteroatoms. The summed E-state index contributed by atoms with van der Waals surface area (Å²) in [6.07, 6.45) is -6.54. The Labute approximate surface area is 101 Å². The fourth-order valence-corrected chi connectivity index (χ4v) is 1.45. The lowest BCUT2D eigenvalue weighted by atomic mass is 9.89. The second-order valence-electron chi connectivity index (χ2n) is 3.66. The third-order valence-corrected chi connectivity index (χ3v) is 2.44. The molecule has 0 aliphatic carbocycles. The molecule has 0 radical (unpaired) electrons. The van der Waals surface area contributed by atoms with E-state index in [9.17, 15) is 23.1 Å². The maximum Gasteiger partial charge on any atom is 0.422 e. The summed E-state index contributed by atoms with van der Waals surface area (Å²) in [5.74, 6) is -1.44. The number of alkyl halides is 3. The van der Waals surface area contributed by atoms with Crippen molar-refractivity contribution in [1.29, 1.82) is 0 Å². The highest BCUT2D eigenvalue weighted by atomic mass is 19.4. The van der Waals surface area contributed by atoms with Gasteiger partial charge in [0.05, 0.1) is 13.5 Å². The molecular weight excluding hydrogens is 253 g/mol. The second kappa shape index (κ2) is 4.85. The SMILES string of the molecule is COc1ccc(C(O)(CC(=O)O)C(F)(F)F)cc1. The Morgan fingerprint density at radius 2 is 1.78 bits per heavy atom. The molecule has 1 rings (SSSR count). The second-order valence-corrected chi connectivity index (χ2v) is 3.66. The monoisotopic (exact) mass is 264 g/mol. The highest BCUT2D eigenvalue weighted by Crippen LogP contribution is 2.41. The number of carboxylic acids is 1. The summed E-state index contributed by atoms with van der Waals surface area (Å²) in [5, 5.41) is 18.1. The molecule has 0 heterocycles. The summed E-state index contributed by atoms with van der Waals surface area (Å²) >= 11 is 0. The molecule has 0 spiro atoms. The number of aliphatic carboxylic acids is 1. The highest BCUT2D eigenvalue weighted by molar-refractivity contribution is 5.69. The summed E-state index contributed by atoms with van der Waals surface area (Å²) in [7, 11) is 1.34. The molecule has 4 nitrogen and oxygen atoms in total. The molecule has 18 heavy (non-hydrogen) atoms. The van der Waals surface area contributed by atoms with Crippen molar-refractivity contribution in [3.8, 4) is 5.75 Å². The van der Waals surface area contributed by atoms with E-state index in [0.717, 1.165) is 12.1 Å². The minimum atomic E-state index is -5.08. The van der Waals surface area contributed by atoms with Gasteiger partial charge < -0.3 is 14.9 Å². The molecule has 0 saturated heterocycles. The topological polar surface area (TPSA) is 66.8 Å². The van der Waals surface area contributed by atoms with Crippen LogP contribution < -0.4 is 4.74 Å². The van der Waals surface area contributed by atoms with Crippen molar-refractivity contribution in [2.75, 3.05) is 7.11 Å². The minimum Gasteiger partial charge on any atom is -0.497 e. The van der Waals surface area contributed by atoms with Crippen molar-refractivity contribution in [3.05, 3.63) is 29.8 Å². The number of carboxylic acid groups (broad SMARTS) is 1.